The summed E-state index contributed by atoms with van der Waals surface area (Å²) in [5, 5.41) is 9.16. The molecule has 0 bridgehead atoms. The van der Waals surface area contributed by atoms with Gasteiger partial charge in [-0.2, -0.15) is 0 Å². The predicted octanol–water partition coefficient (Wildman–Crippen LogP) is 0.305. The summed E-state index contributed by atoms with van der Waals surface area (Å²) in [7, 11) is 0. The number of likely N-dealkylation sites (N-methyl/N-ethyl adjacent to an activating group) is 1. The van der Waals surface area contributed by atoms with E-state index in [1.807, 2.05) is 17.7 Å². The number of hydrogen-bond donors (Lipinski definition) is 1. The van der Waals surface area contributed by atoms with Gasteiger partial charge in [0.25, 0.3) is 0 Å². The first-order chi connectivity index (χ1) is 8.72. The zero-order valence-corrected chi connectivity index (χ0v) is 10.5. The number of carboxylic acids is 1. The van der Waals surface area contributed by atoms with Gasteiger partial charge in [0.1, 0.15) is 0 Å². The molecule has 2 heterocycles. The van der Waals surface area contributed by atoms with Crippen molar-refractivity contribution in [2.24, 2.45) is 5.92 Å². The highest BCUT2D eigenvalue weighted by Crippen LogP contribution is 2.19. The van der Waals surface area contributed by atoms with Crippen LogP contribution in [0.5, 0.6) is 0 Å². The van der Waals surface area contributed by atoms with Gasteiger partial charge in [0.15, 0.2) is 0 Å². The maximum Gasteiger partial charge on any atom is 0.310 e. The van der Waals surface area contributed by atoms with E-state index < -0.39 is 11.9 Å². The van der Waals surface area contributed by atoms with Crippen molar-refractivity contribution in [2.75, 3.05) is 26.3 Å². The molecule has 0 aliphatic carbocycles. The van der Waals surface area contributed by atoms with Crippen LogP contribution in [0.4, 0.5) is 0 Å². The number of rotatable bonds is 6. The zero-order valence-electron chi connectivity index (χ0n) is 10.5. The third-order valence-electron chi connectivity index (χ3n) is 3.45. The van der Waals surface area contributed by atoms with Crippen LogP contribution >= 0.6 is 0 Å². The molecule has 1 aromatic rings. The van der Waals surface area contributed by atoms with E-state index in [0.717, 1.165) is 19.6 Å². The summed E-state index contributed by atoms with van der Waals surface area (Å²) >= 11 is 0. The number of imidazole rings is 1. The third-order valence-corrected chi connectivity index (χ3v) is 3.45. The van der Waals surface area contributed by atoms with Crippen molar-refractivity contribution >= 4 is 5.97 Å². The van der Waals surface area contributed by atoms with E-state index in [1.54, 1.807) is 12.5 Å². The molecule has 0 amide bonds. The summed E-state index contributed by atoms with van der Waals surface area (Å²) in [5.41, 5.74) is 0. The Bertz CT molecular complexity index is 380. The second kappa shape index (κ2) is 5.97. The summed E-state index contributed by atoms with van der Waals surface area (Å²) in [4.78, 5) is 17.3. The second-order valence-electron chi connectivity index (χ2n) is 4.48. The SMILES string of the molecule is CCN(CCn1ccnc1)C1COCC1C(=O)O. The smallest absolute Gasteiger partial charge is 0.310 e. The maximum absolute atomic E-state index is 11.1. The first-order valence-electron chi connectivity index (χ1n) is 6.22. The second-order valence-corrected chi connectivity index (χ2v) is 4.48. The largest absolute Gasteiger partial charge is 0.481 e. The fourth-order valence-corrected chi connectivity index (χ4v) is 2.36. The molecule has 1 aliphatic heterocycles. The fraction of sp³-hybridized carbons (Fsp3) is 0.667. The molecule has 1 aromatic heterocycles. The Kier molecular flexibility index (Phi) is 4.33. The lowest BCUT2D eigenvalue weighted by Gasteiger charge is -2.29. The van der Waals surface area contributed by atoms with Crippen molar-refractivity contribution in [3.8, 4) is 0 Å². The number of carboxylic acid groups (broad SMARTS) is 1. The Balaban J connectivity index is 1.93. The average Bonchev–Trinajstić information content (AvgIpc) is 2.99. The lowest BCUT2D eigenvalue weighted by molar-refractivity contribution is -0.143. The van der Waals surface area contributed by atoms with Gasteiger partial charge in [0.2, 0.25) is 0 Å². The molecule has 0 spiro atoms. The van der Waals surface area contributed by atoms with Crippen LogP contribution in [-0.2, 0) is 16.1 Å². The van der Waals surface area contributed by atoms with Gasteiger partial charge < -0.3 is 14.4 Å². The summed E-state index contributed by atoms with van der Waals surface area (Å²) < 4.78 is 7.30. The number of aliphatic carboxylic acids is 1. The third kappa shape index (κ3) is 2.88. The van der Waals surface area contributed by atoms with Crippen LogP contribution in [-0.4, -0.2) is 57.9 Å². The minimum Gasteiger partial charge on any atom is -0.481 e. The first-order valence-corrected chi connectivity index (χ1v) is 6.22. The molecule has 0 radical (unpaired) electrons. The standard InChI is InChI=1S/C12H19N3O3/c1-2-15(6-5-14-4-3-13-9-14)11-8-18-7-10(11)12(16)17/h3-4,9-11H,2,5-8H2,1H3,(H,16,17). The number of carbonyl (C=O) groups is 1. The molecule has 2 unspecified atom stereocenters. The summed E-state index contributed by atoms with van der Waals surface area (Å²) in [6.45, 7) is 5.33. The van der Waals surface area contributed by atoms with E-state index in [9.17, 15) is 4.79 Å². The van der Waals surface area contributed by atoms with Crippen molar-refractivity contribution in [2.45, 2.75) is 19.5 Å². The van der Waals surface area contributed by atoms with Crippen LogP contribution in [0.1, 0.15) is 6.92 Å². The number of aromatic nitrogens is 2. The highest BCUT2D eigenvalue weighted by molar-refractivity contribution is 5.71. The van der Waals surface area contributed by atoms with Gasteiger partial charge in [0.05, 0.1) is 25.5 Å². The normalized spacial score (nSPS) is 23.7. The molecular formula is C12H19N3O3. The van der Waals surface area contributed by atoms with Gasteiger partial charge >= 0.3 is 5.97 Å². The van der Waals surface area contributed by atoms with Crippen molar-refractivity contribution < 1.29 is 14.6 Å². The van der Waals surface area contributed by atoms with Crippen LogP contribution in [0, 0.1) is 5.92 Å². The molecule has 1 N–H and O–H groups in total. The summed E-state index contributed by atoms with van der Waals surface area (Å²) in [6, 6.07) is -0.0176. The maximum atomic E-state index is 11.1. The Labute approximate surface area is 106 Å². The van der Waals surface area contributed by atoms with Gasteiger partial charge in [-0.05, 0) is 6.54 Å². The topological polar surface area (TPSA) is 67.6 Å². The molecule has 1 saturated heterocycles. The molecule has 2 rings (SSSR count). The molecule has 6 nitrogen and oxygen atoms in total. The summed E-state index contributed by atoms with van der Waals surface area (Å²) in [5.74, 6) is -1.17. The van der Waals surface area contributed by atoms with Gasteiger partial charge in [-0.1, -0.05) is 6.92 Å². The first kappa shape index (κ1) is 13.0. The zero-order chi connectivity index (χ0) is 13.0. The van der Waals surface area contributed by atoms with Crippen LogP contribution in [0.15, 0.2) is 18.7 Å². The van der Waals surface area contributed by atoms with E-state index in [4.69, 9.17) is 9.84 Å². The number of hydrogen-bond acceptors (Lipinski definition) is 4. The number of ether oxygens (including phenoxy) is 1. The van der Waals surface area contributed by atoms with Crippen LogP contribution < -0.4 is 0 Å². The van der Waals surface area contributed by atoms with Crippen molar-refractivity contribution in [3.63, 3.8) is 0 Å². The van der Waals surface area contributed by atoms with Gasteiger partial charge in [-0.15, -0.1) is 0 Å². The molecule has 2 atom stereocenters. The molecule has 1 fully saturated rings. The Morgan fingerprint density at radius 3 is 3.06 bits per heavy atom. The average molecular weight is 253 g/mol. The lowest BCUT2D eigenvalue weighted by Crippen LogP contribution is -2.44. The molecular weight excluding hydrogens is 234 g/mol. The van der Waals surface area contributed by atoms with Gasteiger partial charge in [-0.25, -0.2) is 4.98 Å². The van der Waals surface area contributed by atoms with E-state index in [0.29, 0.717) is 13.2 Å². The van der Waals surface area contributed by atoms with Gasteiger partial charge in [0, 0.05) is 31.5 Å². The fourth-order valence-electron chi connectivity index (χ4n) is 2.36. The van der Waals surface area contributed by atoms with E-state index >= 15 is 0 Å². The van der Waals surface area contributed by atoms with Crippen molar-refractivity contribution in [1.82, 2.24) is 14.5 Å². The Morgan fingerprint density at radius 1 is 1.61 bits per heavy atom. The molecule has 1 aliphatic rings. The van der Waals surface area contributed by atoms with E-state index in [2.05, 4.69) is 9.88 Å². The molecule has 18 heavy (non-hydrogen) atoms. The Hall–Kier alpha value is -1.40. The van der Waals surface area contributed by atoms with Gasteiger partial charge in [-0.3, -0.25) is 9.69 Å². The van der Waals surface area contributed by atoms with Crippen LogP contribution in [0.2, 0.25) is 0 Å². The predicted molar refractivity (Wildman–Crippen MR) is 65.2 cm³/mol. The highest BCUT2D eigenvalue weighted by atomic mass is 16.5. The monoisotopic (exact) mass is 253 g/mol. The van der Waals surface area contributed by atoms with Crippen molar-refractivity contribution in [1.29, 1.82) is 0 Å². The minimum absolute atomic E-state index is 0.0176. The van der Waals surface area contributed by atoms with Crippen LogP contribution in [0.25, 0.3) is 0 Å². The summed E-state index contributed by atoms with van der Waals surface area (Å²) in [6.07, 6.45) is 5.43. The quantitative estimate of drug-likeness (QED) is 0.790. The molecule has 6 heteroatoms. The van der Waals surface area contributed by atoms with Crippen molar-refractivity contribution in [3.05, 3.63) is 18.7 Å². The van der Waals surface area contributed by atoms with E-state index in [-0.39, 0.29) is 6.04 Å². The Morgan fingerprint density at radius 2 is 2.44 bits per heavy atom. The highest BCUT2D eigenvalue weighted by Gasteiger charge is 2.37. The molecule has 0 aromatic carbocycles. The molecule has 100 valence electrons. The van der Waals surface area contributed by atoms with Crippen LogP contribution in [0.3, 0.4) is 0 Å². The molecule has 0 saturated carbocycles. The lowest BCUT2D eigenvalue weighted by atomic mass is 10.0. The number of nitrogens with zero attached hydrogens (tertiary/aromatic N) is 3. The van der Waals surface area contributed by atoms with E-state index in [1.165, 1.54) is 0 Å². The minimum atomic E-state index is -0.765.